The third kappa shape index (κ3) is 7.91. The Bertz CT molecular complexity index is 213. The smallest absolute Gasteiger partial charge is 0.0558 e. The summed E-state index contributed by atoms with van der Waals surface area (Å²) < 4.78 is 0. The molecule has 0 aromatic heterocycles. The summed E-state index contributed by atoms with van der Waals surface area (Å²) in [5, 5.41) is 12.9. The number of aliphatic hydroxyl groups is 1. The minimum absolute atomic E-state index is 0.169. The molecule has 0 aromatic rings. The van der Waals surface area contributed by atoms with Gasteiger partial charge in [-0.15, -0.1) is 0 Å². The van der Waals surface area contributed by atoms with Crippen molar-refractivity contribution in [3.8, 4) is 0 Å². The van der Waals surface area contributed by atoms with Gasteiger partial charge in [0, 0.05) is 25.2 Å². The molecule has 0 rings (SSSR count). The molecule has 0 radical (unpaired) electrons. The first-order chi connectivity index (χ1) is 8.82. The van der Waals surface area contributed by atoms with Crippen LogP contribution in [0.25, 0.3) is 0 Å². The van der Waals surface area contributed by atoms with Crippen molar-refractivity contribution in [2.45, 2.75) is 66.3 Å². The summed E-state index contributed by atoms with van der Waals surface area (Å²) in [6.45, 7) is 17.7. The molecular weight excluding hydrogens is 236 g/mol. The van der Waals surface area contributed by atoms with Gasteiger partial charge in [0.15, 0.2) is 0 Å². The van der Waals surface area contributed by atoms with E-state index in [2.05, 4.69) is 51.8 Å². The lowest BCUT2D eigenvalue weighted by Gasteiger charge is -2.39. The third-order valence-electron chi connectivity index (χ3n) is 4.01. The first-order valence-electron chi connectivity index (χ1n) is 7.90. The molecule has 0 fully saturated rings. The SMILES string of the molecule is CCCN(CCO)CC(CC)(CC)CNC(C)(C)C. The van der Waals surface area contributed by atoms with E-state index in [1.54, 1.807) is 0 Å². The minimum Gasteiger partial charge on any atom is -0.395 e. The standard InChI is InChI=1S/C16H36N2O/c1-7-10-18(11-12-19)14-16(8-2,9-3)13-17-15(4,5)6/h17,19H,7-14H2,1-6H3. The molecule has 2 N–H and O–H groups in total. The Morgan fingerprint density at radius 2 is 1.58 bits per heavy atom. The average molecular weight is 272 g/mol. The van der Waals surface area contributed by atoms with Crippen molar-refractivity contribution >= 4 is 0 Å². The van der Waals surface area contributed by atoms with Crippen LogP contribution >= 0.6 is 0 Å². The monoisotopic (exact) mass is 272 g/mol. The molecule has 0 bridgehead atoms. The molecule has 0 heterocycles. The molecule has 116 valence electrons. The number of hydrogen-bond acceptors (Lipinski definition) is 3. The Morgan fingerprint density at radius 3 is 1.95 bits per heavy atom. The van der Waals surface area contributed by atoms with Gasteiger partial charge in [0.05, 0.1) is 6.61 Å². The van der Waals surface area contributed by atoms with Crippen molar-refractivity contribution in [1.29, 1.82) is 0 Å². The molecule has 0 aliphatic heterocycles. The van der Waals surface area contributed by atoms with Gasteiger partial charge in [0.2, 0.25) is 0 Å². The van der Waals surface area contributed by atoms with Crippen LogP contribution < -0.4 is 5.32 Å². The summed E-state index contributed by atoms with van der Waals surface area (Å²) in [5.41, 5.74) is 0.486. The predicted molar refractivity (Wildman–Crippen MR) is 84.6 cm³/mol. The average Bonchev–Trinajstić information content (AvgIpc) is 2.34. The molecule has 0 aliphatic rings. The molecular formula is C16H36N2O. The fourth-order valence-corrected chi connectivity index (χ4v) is 2.43. The van der Waals surface area contributed by atoms with E-state index in [1.807, 2.05) is 0 Å². The number of aliphatic hydroxyl groups excluding tert-OH is 1. The third-order valence-corrected chi connectivity index (χ3v) is 4.01. The number of rotatable bonds is 10. The Morgan fingerprint density at radius 1 is 1.00 bits per heavy atom. The van der Waals surface area contributed by atoms with Crippen molar-refractivity contribution in [2.75, 3.05) is 32.8 Å². The zero-order chi connectivity index (χ0) is 14.9. The van der Waals surface area contributed by atoms with Crippen LogP contribution in [-0.2, 0) is 0 Å². The van der Waals surface area contributed by atoms with E-state index in [9.17, 15) is 5.11 Å². The highest BCUT2D eigenvalue weighted by molar-refractivity contribution is 4.86. The summed E-state index contributed by atoms with van der Waals surface area (Å²) in [6.07, 6.45) is 3.51. The Balaban J connectivity index is 4.65. The molecule has 0 aliphatic carbocycles. The number of nitrogens with zero attached hydrogens (tertiary/aromatic N) is 1. The summed E-state index contributed by atoms with van der Waals surface area (Å²) in [7, 11) is 0. The topological polar surface area (TPSA) is 35.5 Å². The lowest BCUT2D eigenvalue weighted by atomic mass is 9.81. The van der Waals surface area contributed by atoms with Crippen LogP contribution in [0, 0.1) is 5.41 Å². The second kappa shape index (κ2) is 8.93. The molecule has 0 amide bonds. The van der Waals surface area contributed by atoms with E-state index in [0.717, 1.165) is 32.6 Å². The molecule has 0 saturated heterocycles. The maximum Gasteiger partial charge on any atom is 0.0558 e. The van der Waals surface area contributed by atoms with Crippen LogP contribution in [0.4, 0.5) is 0 Å². The summed E-state index contributed by atoms with van der Waals surface area (Å²) in [4.78, 5) is 2.41. The van der Waals surface area contributed by atoms with Gasteiger partial charge in [-0.25, -0.2) is 0 Å². The summed E-state index contributed by atoms with van der Waals surface area (Å²) in [6, 6.07) is 0. The van der Waals surface area contributed by atoms with E-state index in [0.29, 0.717) is 5.41 Å². The van der Waals surface area contributed by atoms with Gasteiger partial charge >= 0.3 is 0 Å². The van der Waals surface area contributed by atoms with Gasteiger partial charge in [0.1, 0.15) is 0 Å². The Labute approximate surface area is 120 Å². The summed E-state index contributed by atoms with van der Waals surface area (Å²) >= 11 is 0. The normalized spacial score (nSPS) is 13.3. The molecule has 0 saturated carbocycles. The van der Waals surface area contributed by atoms with Gasteiger partial charge < -0.3 is 15.3 Å². The Hall–Kier alpha value is -0.120. The van der Waals surface area contributed by atoms with Crippen LogP contribution in [0.1, 0.15) is 60.8 Å². The molecule has 3 heteroatoms. The van der Waals surface area contributed by atoms with Gasteiger partial charge in [0.25, 0.3) is 0 Å². The largest absolute Gasteiger partial charge is 0.395 e. The first-order valence-corrected chi connectivity index (χ1v) is 7.90. The fraction of sp³-hybridized carbons (Fsp3) is 1.00. The minimum atomic E-state index is 0.169. The molecule has 0 unspecified atom stereocenters. The Kier molecular flexibility index (Phi) is 8.88. The van der Waals surface area contributed by atoms with Gasteiger partial charge in [-0.1, -0.05) is 20.8 Å². The van der Waals surface area contributed by atoms with Crippen LogP contribution in [0.5, 0.6) is 0 Å². The number of hydrogen-bond donors (Lipinski definition) is 2. The van der Waals surface area contributed by atoms with Crippen molar-refractivity contribution in [2.24, 2.45) is 5.41 Å². The predicted octanol–water partition coefficient (Wildman–Crippen LogP) is 2.89. The molecule has 0 spiro atoms. The lowest BCUT2D eigenvalue weighted by molar-refractivity contribution is 0.108. The molecule has 0 atom stereocenters. The van der Waals surface area contributed by atoms with Gasteiger partial charge in [-0.2, -0.15) is 0 Å². The van der Waals surface area contributed by atoms with E-state index < -0.39 is 0 Å². The second-order valence-corrected chi connectivity index (χ2v) is 6.81. The quantitative estimate of drug-likeness (QED) is 0.642. The zero-order valence-corrected chi connectivity index (χ0v) is 14.1. The first kappa shape index (κ1) is 18.9. The van der Waals surface area contributed by atoms with Crippen LogP contribution in [0.2, 0.25) is 0 Å². The van der Waals surface area contributed by atoms with Crippen molar-refractivity contribution < 1.29 is 5.11 Å². The molecule has 0 aromatic carbocycles. The van der Waals surface area contributed by atoms with Crippen LogP contribution in [0.3, 0.4) is 0 Å². The zero-order valence-electron chi connectivity index (χ0n) is 14.1. The van der Waals surface area contributed by atoms with Crippen LogP contribution in [-0.4, -0.2) is 48.3 Å². The van der Waals surface area contributed by atoms with E-state index in [4.69, 9.17) is 0 Å². The summed E-state index contributed by atoms with van der Waals surface area (Å²) in [5.74, 6) is 0. The van der Waals surface area contributed by atoms with Gasteiger partial charge in [-0.05, 0) is 52.0 Å². The highest BCUT2D eigenvalue weighted by Crippen LogP contribution is 2.27. The molecule has 3 nitrogen and oxygen atoms in total. The maximum atomic E-state index is 9.21. The van der Waals surface area contributed by atoms with Crippen molar-refractivity contribution in [3.05, 3.63) is 0 Å². The maximum absolute atomic E-state index is 9.21. The second-order valence-electron chi connectivity index (χ2n) is 6.81. The lowest BCUT2D eigenvalue weighted by Crippen LogP contribution is -2.49. The van der Waals surface area contributed by atoms with E-state index >= 15 is 0 Å². The van der Waals surface area contributed by atoms with Crippen molar-refractivity contribution in [3.63, 3.8) is 0 Å². The van der Waals surface area contributed by atoms with E-state index in [1.165, 1.54) is 12.8 Å². The molecule has 19 heavy (non-hydrogen) atoms. The van der Waals surface area contributed by atoms with Gasteiger partial charge in [-0.3, -0.25) is 0 Å². The van der Waals surface area contributed by atoms with Crippen molar-refractivity contribution in [1.82, 2.24) is 10.2 Å². The fourth-order valence-electron chi connectivity index (χ4n) is 2.43. The van der Waals surface area contributed by atoms with Crippen LogP contribution in [0.15, 0.2) is 0 Å². The highest BCUT2D eigenvalue weighted by Gasteiger charge is 2.29. The number of nitrogens with one attached hydrogen (secondary N) is 1. The highest BCUT2D eigenvalue weighted by atomic mass is 16.3. The van der Waals surface area contributed by atoms with E-state index in [-0.39, 0.29) is 12.1 Å².